The molecule has 4 rings (SSSR count). The van der Waals surface area contributed by atoms with Gasteiger partial charge in [-0.2, -0.15) is 0 Å². The van der Waals surface area contributed by atoms with Gasteiger partial charge in [0.1, 0.15) is 0 Å². The third kappa shape index (κ3) is 2.85. The molecule has 1 aliphatic heterocycles. The zero-order valence-corrected chi connectivity index (χ0v) is 12.2. The van der Waals surface area contributed by atoms with Crippen LogP contribution in [-0.4, -0.2) is 24.3 Å². The Hall–Kier alpha value is -0.0800. The molecular formula is C17H29NO. The number of ether oxygens (including phenoxy) is 1. The second kappa shape index (κ2) is 5.04. The Morgan fingerprint density at radius 2 is 1.58 bits per heavy atom. The molecule has 2 heteroatoms. The molecule has 1 N–H and O–H groups in total. The Balaban J connectivity index is 1.37. The third-order valence-electron chi connectivity index (χ3n) is 5.95. The van der Waals surface area contributed by atoms with Gasteiger partial charge in [-0.3, -0.25) is 0 Å². The smallest absolute Gasteiger partial charge is 0.0697 e. The fourth-order valence-electron chi connectivity index (χ4n) is 4.55. The van der Waals surface area contributed by atoms with Crippen LogP contribution >= 0.6 is 0 Å². The van der Waals surface area contributed by atoms with E-state index in [9.17, 15) is 0 Å². The Labute approximate surface area is 117 Å². The summed E-state index contributed by atoms with van der Waals surface area (Å²) >= 11 is 0. The van der Waals surface area contributed by atoms with E-state index in [4.69, 9.17) is 4.74 Å². The van der Waals surface area contributed by atoms with E-state index in [1.807, 2.05) is 0 Å². The highest BCUT2D eigenvalue weighted by molar-refractivity contribution is 5.00. The van der Waals surface area contributed by atoms with Gasteiger partial charge < -0.3 is 10.1 Å². The van der Waals surface area contributed by atoms with Crippen LogP contribution in [0.25, 0.3) is 0 Å². The van der Waals surface area contributed by atoms with Crippen LogP contribution in [0.4, 0.5) is 0 Å². The van der Waals surface area contributed by atoms with Crippen molar-refractivity contribution in [1.29, 1.82) is 0 Å². The first kappa shape index (κ1) is 12.6. The molecule has 4 aliphatic rings. The minimum absolute atomic E-state index is 0.270. The number of nitrogens with one attached hydrogen (secondary N) is 1. The molecule has 1 heterocycles. The van der Waals surface area contributed by atoms with Crippen molar-refractivity contribution < 1.29 is 4.74 Å². The summed E-state index contributed by atoms with van der Waals surface area (Å²) in [7, 11) is 0. The second-order valence-electron chi connectivity index (χ2n) is 7.65. The molecular weight excluding hydrogens is 234 g/mol. The van der Waals surface area contributed by atoms with Crippen LogP contribution < -0.4 is 5.32 Å². The first-order valence-corrected chi connectivity index (χ1v) is 8.75. The molecule has 1 unspecified atom stereocenters. The van der Waals surface area contributed by atoms with Crippen molar-refractivity contribution in [2.75, 3.05) is 6.61 Å². The average Bonchev–Trinajstić information content (AvgIpc) is 3.29. The Morgan fingerprint density at radius 1 is 0.895 bits per heavy atom. The van der Waals surface area contributed by atoms with Gasteiger partial charge in [0.05, 0.1) is 5.60 Å². The van der Waals surface area contributed by atoms with E-state index in [0.29, 0.717) is 0 Å². The van der Waals surface area contributed by atoms with Crippen LogP contribution in [-0.2, 0) is 4.74 Å². The summed E-state index contributed by atoms with van der Waals surface area (Å²) in [6.45, 7) is 1.000. The van der Waals surface area contributed by atoms with Gasteiger partial charge >= 0.3 is 0 Å². The van der Waals surface area contributed by atoms with Crippen molar-refractivity contribution in [3.05, 3.63) is 0 Å². The second-order valence-corrected chi connectivity index (χ2v) is 7.65. The van der Waals surface area contributed by atoms with Crippen LogP contribution in [0.5, 0.6) is 0 Å². The van der Waals surface area contributed by atoms with Gasteiger partial charge in [-0.15, -0.1) is 0 Å². The van der Waals surface area contributed by atoms with Crippen molar-refractivity contribution in [1.82, 2.24) is 5.32 Å². The Bertz CT molecular complexity index is 298. The molecule has 1 saturated heterocycles. The predicted molar refractivity (Wildman–Crippen MR) is 77.2 cm³/mol. The fourth-order valence-corrected chi connectivity index (χ4v) is 4.55. The lowest BCUT2D eigenvalue weighted by atomic mass is 9.78. The third-order valence-corrected chi connectivity index (χ3v) is 5.95. The summed E-state index contributed by atoms with van der Waals surface area (Å²) in [5.74, 6) is 2.05. The van der Waals surface area contributed by atoms with Gasteiger partial charge in [-0.05, 0) is 63.2 Å². The summed E-state index contributed by atoms with van der Waals surface area (Å²) in [5.41, 5.74) is 0.270. The molecule has 0 aromatic rings. The first-order chi connectivity index (χ1) is 9.35. The number of hydrogen-bond donors (Lipinski definition) is 1. The van der Waals surface area contributed by atoms with Gasteiger partial charge in [0, 0.05) is 18.7 Å². The molecule has 0 aromatic heterocycles. The molecule has 1 spiro atoms. The van der Waals surface area contributed by atoms with Crippen molar-refractivity contribution >= 4 is 0 Å². The van der Waals surface area contributed by atoms with E-state index in [-0.39, 0.29) is 5.60 Å². The highest BCUT2D eigenvalue weighted by Gasteiger charge is 2.44. The fraction of sp³-hybridized carbons (Fsp3) is 1.00. The predicted octanol–water partition coefficient (Wildman–Crippen LogP) is 3.65. The molecule has 3 aliphatic carbocycles. The van der Waals surface area contributed by atoms with E-state index in [1.54, 1.807) is 0 Å². The van der Waals surface area contributed by atoms with Crippen LogP contribution in [0.2, 0.25) is 0 Å². The molecule has 4 fully saturated rings. The monoisotopic (exact) mass is 263 g/mol. The molecule has 108 valence electrons. The maximum atomic E-state index is 6.23. The highest BCUT2D eigenvalue weighted by Crippen LogP contribution is 2.46. The Kier molecular flexibility index (Phi) is 3.35. The lowest BCUT2D eigenvalue weighted by Gasteiger charge is -2.44. The van der Waals surface area contributed by atoms with E-state index in [2.05, 4.69) is 5.32 Å². The zero-order valence-electron chi connectivity index (χ0n) is 12.2. The standard InChI is InChI=1S/C17H29NO/c1-2-9-17(10-3-1)12-15(8-11-19-17)18-16(13-4-5-13)14-6-7-14/h13-16,18H,1-12H2. The van der Waals surface area contributed by atoms with E-state index < -0.39 is 0 Å². The van der Waals surface area contributed by atoms with Crippen molar-refractivity contribution in [3.8, 4) is 0 Å². The minimum atomic E-state index is 0.270. The maximum absolute atomic E-state index is 6.23. The van der Waals surface area contributed by atoms with Crippen LogP contribution in [0.1, 0.15) is 70.6 Å². The van der Waals surface area contributed by atoms with Crippen LogP contribution in [0, 0.1) is 11.8 Å². The summed E-state index contributed by atoms with van der Waals surface area (Å²) < 4.78 is 6.23. The lowest BCUT2D eigenvalue weighted by Crippen LogP contribution is -2.51. The first-order valence-electron chi connectivity index (χ1n) is 8.75. The molecule has 0 amide bonds. The summed E-state index contributed by atoms with van der Waals surface area (Å²) in [6.07, 6.45) is 15.3. The quantitative estimate of drug-likeness (QED) is 0.836. The Morgan fingerprint density at radius 3 is 2.21 bits per heavy atom. The van der Waals surface area contributed by atoms with Gasteiger partial charge in [0.15, 0.2) is 0 Å². The lowest BCUT2D eigenvalue weighted by molar-refractivity contribution is -0.110. The largest absolute Gasteiger partial charge is 0.375 e. The van der Waals surface area contributed by atoms with Gasteiger partial charge in [-0.25, -0.2) is 0 Å². The van der Waals surface area contributed by atoms with E-state index in [0.717, 1.165) is 30.5 Å². The van der Waals surface area contributed by atoms with E-state index >= 15 is 0 Å². The zero-order chi connectivity index (χ0) is 12.7. The maximum Gasteiger partial charge on any atom is 0.0697 e. The van der Waals surface area contributed by atoms with Crippen molar-refractivity contribution in [2.24, 2.45) is 11.8 Å². The highest BCUT2D eigenvalue weighted by atomic mass is 16.5. The van der Waals surface area contributed by atoms with Crippen LogP contribution in [0.15, 0.2) is 0 Å². The summed E-state index contributed by atoms with van der Waals surface area (Å²) in [4.78, 5) is 0. The number of rotatable bonds is 4. The minimum Gasteiger partial charge on any atom is -0.375 e. The SMILES string of the molecule is C1CCC2(CC1)CC(NC(C1CC1)C1CC1)CCO2. The molecule has 0 bridgehead atoms. The molecule has 1 atom stereocenters. The van der Waals surface area contributed by atoms with E-state index in [1.165, 1.54) is 70.6 Å². The van der Waals surface area contributed by atoms with Crippen LogP contribution in [0.3, 0.4) is 0 Å². The average molecular weight is 263 g/mol. The van der Waals surface area contributed by atoms with Crippen molar-refractivity contribution in [2.45, 2.75) is 88.3 Å². The van der Waals surface area contributed by atoms with Gasteiger partial charge in [-0.1, -0.05) is 19.3 Å². The number of hydrogen-bond acceptors (Lipinski definition) is 2. The molecule has 3 saturated carbocycles. The van der Waals surface area contributed by atoms with Gasteiger partial charge in [0.2, 0.25) is 0 Å². The molecule has 0 radical (unpaired) electrons. The normalized spacial score (nSPS) is 34.9. The molecule has 0 aromatic carbocycles. The molecule has 2 nitrogen and oxygen atoms in total. The van der Waals surface area contributed by atoms with Gasteiger partial charge in [0.25, 0.3) is 0 Å². The van der Waals surface area contributed by atoms with Crippen molar-refractivity contribution in [3.63, 3.8) is 0 Å². The summed E-state index contributed by atoms with van der Waals surface area (Å²) in [6, 6.07) is 1.61. The molecule has 19 heavy (non-hydrogen) atoms. The topological polar surface area (TPSA) is 21.3 Å². The summed E-state index contributed by atoms with van der Waals surface area (Å²) in [5, 5.41) is 4.07.